The van der Waals surface area contributed by atoms with Gasteiger partial charge in [0.05, 0.1) is 22.1 Å². The average Bonchev–Trinajstić information content (AvgIpc) is 2.99. The largest absolute Gasteiger partial charge is 0.283 e. The first-order chi connectivity index (χ1) is 12.6. The molecule has 3 aromatic rings. The van der Waals surface area contributed by atoms with Gasteiger partial charge in [-0.1, -0.05) is 12.1 Å². The molecule has 0 atom stereocenters. The van der Waals surface area contributed by atoms with Gasteiger partial charge in [0.2, 0.25) is 0 Å². The van der Waals surface area contributed by atoms with Gasteiger partial charge in [0.25, 0.3) is 11.2 Å². The van der Waals surface area contributed by atoms with E-state index in [4.69, 9.17) is 0 Å². The molecule has 0 fully saturated rings. The number of thiophene rings is 1. The number of aryl methyl sites for hydroxylation is 3. The van der Waals surface area contributed by atoms with Crippen molar-refractivity contribution in [3.8, 4) is 0 Å². The van der Waals surface area contributed by atoms with Crippen molar-refractivity contribution >= 4 is 33.5 Å². The molecule has 2 aromatic heterocycles. The second-order valence-corrected chi connectivity index (χ2v) is 7.31. The summed E-state index contributed by atoms with van der Waals surface area (Å²) in [6.45, 7) is 1.72. The minimum atomic E-state index is -0.465. The number of nitrogens with zero attached hydrogens (tertiary/aromatic N) is 4. The van der Waals surface area contributed by atoms with Crippen molar-refractivity contribution in [2.24, 2.45) is 5.10 Å². The summed E-state index contributed by atoms with van der Waals surface area (Å²) in [5.74, 6) is 0.468. The third kappa shape index (κ3) is 2.72. The van der Waals surface area contributed by atoms with Gasteiger partial charge in [0, 0.05) is 10.9 Å². The van der Waals surface area contributed by atoms with E-state index in [9.17, 15) is 14.9 Å². The molecule has 0 bridgehead atoms. The lowest BCUT2D eigenvalue weighted by molar-refractivity contribution is -0.385. The maximum Gasteiger partial charge on any atom is 0.283 e. The van der Waals surface area contributed by atoms with Crippen LogP contribution in [0.15, 0.2) is 34.2 Å². The molecule has 7 nitrogen and oxygen atoms in total. The van der Waals surface area contributed by atoms with Crippen LogP contribution >= 0.6 is 11.3 Å². The van der Waals surface area contributed by atoms with Crippen molar-refractivity contribution in [2.45, 2.75) is 32.6 Å². The first kappa shape index (κ1) is 16.6. The van der Waals surface area contributed by atoms with Crippen LogP contribution in [0, 0.1) is 17.0 Å². The minimum absolute atomic E-state index is 0.0519. The second-order valence-electron chi connectivity index (χ2n) is 6.23. The summed E-state index contributed by atoms with van der Waals surface area (Å²) in [4.78, 5) is 30.2. The molecule has 0 N–H and O–H groups in total. The van der Waals surface area contributed by atoms with Crippen LogP contribution in [-0.4, -0.2) is 20.8 Å². The zero-order chi connectivity index (χ0) is 18.3. The van der Waals surface area contributed by atoms with Crippen molar-refractivity contribution in [1.29, 1.82) is 0 Å². The van der Waals surface area contributed by atoms with Crippen LogP contribution < -0.4 is 5.56 Å². The average molecular weight is 368 g/mol. The van der Waals surface area contributed by atoms with Gasteiger partial charge in [-0.2, -0.15) is 9.78 Å². The molecule has 8 heteroatoms. The van der Waals surface area contributed by atoms with Gasteiger partial charge in [-0.05, 0) is 44.2 Å². The number of para-hydroxylation sites is 1. The number of nitro benzene ring substituents is 1. The van der Waals surface area contributed by atoms with E-state index in [0.29, 0.717) is 16.8 Å². The molecule has 0 unspecified atom stereocenters. The van der Waals surface area contributed by atoms with Gasteiger partial charge in [0.1, 0.15) is 10.7 Å². The van der Waals surface area contributed by atoms with E-state index in [1.807, 2.05) is 0 Å². The Bertz CT molecular complexity index is 1110. The molecule has 0 radical (unpaired) electrons. The fourth-order valence-electron chi connectivity index (χ4n) is 3.32. The summed E-state index contributed by atoms with van der Waals surface area (Å²) < 4.78 is 1.24. The Morgan fingerprint density at radius 2 is 2.08 bits per heavy atom. The van der Waals surface area contributed by atoms with Crippen LogP contribution in [-0.2, 0) is 12.8 Å². The number of fused-ring (bicyclic) bond motifs is 3. The maximum atomic E-state index is 13.0. The molecule has 1 aromatic carbocycles. The molecule has 1 aliphatic rings. The van der Waals surface area contributed by atoms with Gasteiger partial charge >= 0.3 is 0 Å². The molecule has 26 heavy (non-hydrogen) atoms. The molecule has 0 saturated carbocycles. The zero-order valence-corrected chi connectivity index (χ0v) is 15.0. The van der Waals surface area contributed by atoms with Crippen molar-refractivity contribution in [1.82, 2.24) is 9.66 Å². The van der Waals surface area contributed by atoms with Crippen LogP contribution in [0.3, 0.4) is 0 Å². The van der Waals surface area contributed by atoms with E-state index in [0.717, 1.165) is 36.1 Å². The highest BCUT2D eigenvalue weighted by molar-refractivity contribution is 7.18. The van der Waals surface area contributed by atoms with Crippen molar-refractivity contribution in [3.63, 3.8) is 0 Å². The fourth-order valence-corrected chi connectivity index (χ4v) is 4.61. The molecule has 2 heterocycles. The lowest BCUT2D eigenvalue weighted by atomic mass is 9.97. The van der Waals surface area contributed by atoms with Crippen LogP contribution in [0.1, 0.15) is 34.7 Å². The number of hydrogen-bond acceptors (Lipinski definition) is 6. The SMILES string of the molecule is Cc1nc2sc3c(c2c(=O)n1/N=C\c1ccccc1[N+](=O)[O-])CCCC3. The van der Waals surface area contributed by atoms with Crippen molar-refractivity contribution in [3.05, 3.63) is 66.6 Å². The number of rotatable bonds is 3. The van der Waals surface area contributed by atoms with Crippen LogP contribution in [0.5, 0.6) is 0 Å². The molecule has 0 aliphatic heterocycles. The first-order valence-electron chi connectivity index (χ1n) is 8.38. The smallest absolute Gasteiger partial charge is 0.267 e. The molecular weight excluding hydrogens is 352 g/mol. The summed E-state index contributed by atoms with van der Waals surface area (Å²) in [6, 6.07) is 6.30. The molecule has 0 spiro atoms. The fraction of sp³-hybridized carbons (Fsp3) is 0.278. The van der Waals surface area contributed by atoms with Gasteiger partial charge in [-0.15, -0.1) is 11.3 Å². The van der Waals surface area contributed by atoms with E-state index in [1.54, 1.807) is 36.5 Å². The highest BCUT2D eigenvalue weighted by atomic mass is 32.1. The third-order valence-corrected chi connectivity index (χ3v) is 5.76. The second kappa shape index (κ2) is 6.45. The lowest BCUT2D eigenvalue weighted by Crippen LogP contribution is -2.21. The Morgan fingerprint density at radius 1 is 1.31 bits per heavy atom. The molecule has 4 rings (SSSR count). The minimum Gasteiger partial charge on any atom is -0.267 e. The van der Waals surface area contributed by atoms with Crippen molar-refractivity contribution < 1.29 is 4.92 Å². The molecule has 0 amide bonds. The van der Waals surface area contributed by atoms with Gasteiger partial charge < -0.3 is 0 Å². The molecule has 1 aliphatic carbocycles. The van der Waals surface area contributed by atoms with E-state index in [-0.39, 0.29) is 11.2 Å². The number of benzene rings is 1. The maximum absolute atomic E-state index is 13.0. The topological polar surface area (TPSA) is 90.4 Å². The third-order valence-electron chi connectivity index (χ3n) is 4.57. The Labute approximate surface area is 152 Å². The Morgan fingerprint density at radius 3 is 2.88 bits per heavy atom. The predicted octanol–water partition coefficient (Wildman–Crippen LogP) is 3.44. The van der Waals surface area contributed by atoms with Crippen LogP contribution in [0.25, 0.3) is 10.2 Å². The van der Waals surface area contributed by atoms with Gasteiger partial charge in [-0.3, -0.25) is 14.9 Å². The number of hydrogen-bond donors (Lipinski definition) is 0. The van der Waals surface area contributed by atoms with E-state index in [2.05, 4.69) is 10.1 Å². The van der Waals surface area contributed by atoms with E-state index in [1.165, 1.54) is 21.8 Å². The molecule has 0 saturated heterocycles. The summed E-state index contributed by atoms with van der Waals surface area (Å²) in [5, 5.41) is 16.0. The quantitative estimate of drug-likeness (QED) is 0.402. The summed E-state index contributed by atoms with van der Waals surface area (Å²) in [5.41, 5.74) is 1.19. The van der Waals surface area contributed by atoms with Crippen LogP contribution in [0.4, 0.5) is 5.69 Å². The van der Waals surface area contributed by atoms with Crippen molar-refractivity contribution in [2.75, 3.05) is 0 Å². The highest BCUT2D eigenvalue weighted by Gasteiger charge is 2.21. The standard InChI is InChI=1S/C18H16N4O3S/c1-11-20-17-16(13-7-3-5-9-15(13)26-17)18(23)21(11)19-10-12-6-2-4-8-14(12)22(24)25/h2,4,6,8,10H,3,5,7,9H2,1H3/b19-10-. The summed E-state index contributed by atoms with van der Waals surface area (Å²) >= 11 is 1.59. The predicted molar refractivity (Wildman–Crippen MR) is 101 cm³/mol. The summed E-state index contributed by atoms with van der Waals surface area (Å²) in [7, 11) is 0. The number of aromatic nitrogens is 2. The first-order valence-corrected chi connectivity index (χ1v) is 9.19. The Balaban J connectivity index is 1.85. The Hall–Kier alpha value is -2.87. The lowest BCUT2D eigenvalue weighted by Gasteiger charge is -2.10. The zero-order valence-electron chi connectivity index (χ0n) is 14.1. The van der Waals surface area contributed by atoms with E-state index >= 15 is 0 Å². The number of nitro groups is 1. The Kier molecular flexibility index (Phi) is 4.12. The van der Waals surface area contributed by atoms with E-state index < -0.39 is 4.92 Å². The summed E-state index contributed by atoms with van der Waals surface area (Å²) in [6.07, 6.45) is 5.45. The van der Waals surface area contributed by atoms with Gasteiger partial charge in [0.15, 0.2) is 0 Å². The highest BCUT2D eigenvalue weighted by Crippen LogP contribution is 2.33. The van der Waals surface area contributed by atoms with Gasteiger partial charge in [-0.25, -0.2) is 4.98 Å². The molecule has 132 valence electrons. The monoisotopic (exact) mass is 368 g/mol. The van der Waals surface area contributed by atoms with Crippen LogP contribution in [0.2, 0.25) is 0 Å². The normalized spacial score (nSPS) is 14.0. The molecular formula is C18H16N4O3S.